The number of benzene rings is 1. The summed E-state index contributed by atoms with van der Waals surface area (Å²) in [5, 5.41) is 11.6. The van der Waals surface area contributed by atoms with Crippen LogP contribution in [0.5, 0.6) is 0 Å². The minimum absolute atomic E-state index is 0.109. The van der Waals surface area contributed by atoms with Gasteiger partial charge in [0.15, 0.2) is 0 Å². The number of aryl methyl sites for hydroxylation is 2. The average Bonchev–Trinajstić information content (AvgIpc) is 3.16. The predicted molar refractivity (Wildman–Crippen MR) is 101 cm³/mol. The van der Waals surface area contributed by atoms with E-state index in [0.717, 1.165) is 47.8 Å². The van der Waals surface area contributed by atoms with Gasteiger partial charge in [0, 0.05) is 22.2 Å². The highest BCUT2D eigenvalue weighted by atomic mass is 32.2. The van der Waals surface area contributed by atoms with Gasteiger partial charge in [0.05, 0.1) is 6.26 Å². The molecule has 1 aliphatic rings. The third-order valence-corrected chi connectivity index (χ3v) is 5.73. The normalized spacial score (nSPS) is 14.2. The number of H-pyrrole nitrogens is 1. The zero-order valence-corrected chi connectivity index (χ0v) is 15.6. The zero-order valence-electron chi connectivity index (χ0n) is 14.0. The topological polar surface area (TPSA) is 117 Å². The summed E-state index contributed by atoms with van der Waals surface area (Å²) in [7, 11) is -3.43. The van der Waals surface area contributed by atoms with Gasteiger partial charge in [-0.1, -0.05) is 11.3 Å². The van der Waals surface area contributed by atoms with E-state index < -0.39 is 10.0 Å². The van der Waals surface area contributed by atoms with Crippen molar-refractivity contribution in [2.24, 2.45) is 0 Å². The van der Waals surface area contributed by atoms with Crippen molar-refractivity contribution in [3.05, 3.63) is 35.0 Å². The van der Waals surface area contributed by atoms with Gasteiger partial charge in [0.25, 0.3) is 5.91 Å². The second kappa shape index (κ2) is 6.36. The van der Waals surface area contributed by atoms with Gasteiger partial charge in [-0.05, 0) is 49.4 Å². The summed E-state index contributed by atoms with van der Waals surface area (Å²) in [6.07, 6.45) is 5.45. The Morgan fingerprint density at radius 3 is 2.77 bits per heavy atom. The largest absolute Gasteiger partial charge is 0.358 e. The average molecular weight is 391 g/mol. The van der Waals surface area contributed by atoms with Crippen LogP contribution in [0, 0.1) is 0 Å². The third kappa shape index (κ3) is 3.42. The SMILES string of the molecule is CS(=O)(=O)Nc1nnc(NC(=O)c2ccc3[nH]c4c(c3c2)CCCC4)s1. The lowest BCUT2D eigenvalue weighted by Crippen LogP contribution is -2.11. The first-order valence-electron chi connectivity index (χ1n) is 8.15. The molecule has 3 aromatic rings. The van der Waals surface area contributed by atoms with Crippen LogP contribution in [0.3, 0.4) is 0 Å². The highest BCUT2D eigenvalue weighted by Gasteiger charge is 2.17. The number of nitrogens with one attached hydrogen (secondary N) is 3. The van der Waals surface area contributed by atoms with Gasteiger partial charge in [-0.15, -0.1) is 10.2 Å². The van der Waals surface area contributed by atoms with Gasteiger partial charge in [-0.2, -0.15) is 0 Å². The first-order valence-corrected chi connectivity index (χ1v) is 10.9. The maximum absolute atomic E-state index is 12.5. The minimum atomic E-state index is -3.43. The molecule has 0 fully saturated rings. The van der Waals surface area contributed by atoms with Crippen LogP contribution >= 0.6 is 11.3 Å². The number of hydrogen-bond acceptors (Lipinski definition) is 6. The number of rotatable bonds is 4. The van der Waals surface area contributed by atoms with E-state index >= 15 is 0 Å². The predicted octanol–water partition coefficient (Wildman–Crippen LogP) is 2.52. The molecule has 0 radical (unpaired) electrons. The van der Waals surface area contributed by atoms with Crippen molar-refractivity contribution in [1.82, 2.24) is 15.2 Å². The van der Waals surface area contributed by atoms with E-state index in [2.05, 4.69) is 25.2 Å². The van der Waals surface area contributed by atoms with Crippen molar-refractivity contribution < 1.29 is 13.2 Å². The zero-order chi connectivity index (χ0) is 18.3. The number of aromatic nitrogens is 3. The molecule has 4 rings (SSSR count). The molecule has 2 heterocycles. The molecule has 0 unspecified atom stereocenters. The number of carbonyl (C=O) groups excluding carboxylic acids is 1. The Labute approximate surface area is 154 Å². The van der Waals surface area contributed by atoms with Gasteiger partial charge in [-0.3, -0.25) is 14.8 Å². The summed E-state index contributed by atoms with van der Waals surface area (Å²) >= 11 is 0.960. The third-order valence-electron chi connectivity index (χ3n) is 4.28. The molecule has 0 saturated carbocycles. The molecule has 0 saturated heterocycles. The van der Waals surface area contributed by atoms with E-state index in [1.807, 2.05) is 12.1 Å². The highest BCUT2D eigenvalue weighted by molar-refractivity contribution is 7.92. The number of amides is 1. The number of anilines is 2. The summed E-state index contributed by atoms with van der Waals surface area (Å²) in [5.41, 5.74) is 4.14. The lowest BCUT2D eigenvalue weighted by molar-refractivity contribution is 0.102. The van der Waals surface area contributed by atoms with Crippen molar-refractivity contribution in [2.75, 3.05) is 16.3 Å². The molecule has 0 spiro atoms. The number of hydrogen-bond donors (Lipinski definition) is 3. The van der Waals surface area contributed by atoms with Crippen molar-refractivity contribution in [3.63, 3.8) is 0 Å². The van der Waals surface area contributed by atoms with Crippen LogP contribution in [-0.2, 0) is 22.9 Å². The van der Waals surface area contributed by atoms with Gasteiger partial charge >= 0.3 is 0 Å². The quantitative estimate of drug-likeness (QED) is 0.632. The molecule has 1 amide bonds. The van der Waals surface area contributed by atoms with Crippen LogP contribution in [-0.4, -0.2) is 35.8 Å². The van der Waals surface area contributed by atoms with Gasteiger partial charge in [0.1, 0.15) is 0 Å². The Morgan fingerprint density at radius 1 is 1.19 bits per heavy atom. The summed E-state index contributed by atoms with van der Waals surface area (Å²) in [6, 6.07) is 5.57. The fraction of sp³-hybridized carbons (Fsp3) is 0.312. The fourth-order valence-electron chi connectivity index (χ4n) is 3.19. The number of carbonyl (C=O) groups is 1. The molecule has 2 aromatic heterocycles. The molecular formula is C16H17N5O3S2. The lowest BCUT2D eigenvalue weighted by atomic mass is 9.95. The van der Waals surface area contributed by atoms with E-state index in [4.69, 9.17) is 0 Å². The highest BCUT2D eigenvalue weighted by Crippen LogP contribution is 2.30. The Kier molecular flexibility index (Phi) is 4.16. The van der Waals surface area contributed by atoms with E-state index in [1.165, 1.54) is 17.7 Å². The Morgan fingerprint density at radius 2 is 1.96 bits per heavy atom. The second-order valence-electron chi connectivity index (χ2n) is 6.29. The molecular weight excluding hydrogens is 374 g/mol. The summed E-state index contributed by atoms with van der Waals surface area (Å²) in [4.78, 5) is 16.0. The van der Waals surface area contributed by atoms with Crippen molar-refractivity contribution in [1.29, 1.82) is 0 Å². The van der Waals surface area contributed by atoms with Crippen molar-refractivity contribution in [2.45, 2.75) is 25.7 Å². The van der Waals surface area contributed by atoms with Gasteiger partial charge in [-0.25, -0.2) is 8.42 Å². The Hall–Kier alpha value is -2.46. The van der Waals surface area contributed by atoms with Gasteiger partial charge in [0.2, 0.25) is 20.3 Å². The molecule has 0 aliphatic heterocycles. The van der Waals surface area contributed by atoms with Crippen LogP contribution in [0.2, 0.25) is 0 Å². The smallest absolute Gasteiger partial charge is 0.257 e. The summed E-state index contributed by atoms with van der Waals surface area (Å²) in [5.74, 6) is -0.306. The summed E-state index contributed by atoms with van der Waals surface area (Å²) in [6.45, 7) is 0. The number of aromatic amines is 1. The second-order valence-corrected chi connectivity index (χ2v) is 9.02. The van der Waals surface area contributed by atoms with Crippen LogP contribution in [0.1, 0.15) is 34.5 Å². The molecule has 0 bridgehead atoms. The van der Waals surface area contributed by atoms with Crippen LogP contribution in [0.4, 0.5) is 10.3 Å². The van der Waals surface area contributed by atoms with Gasteiger partial charge < -0.3 is 4.98 Å². The molecule has 26 heavy (non-hydrogen) atoms. The summed E-state index contributed by atoms with van der Waals surface area (Å²) < 4.78 is 24.6. The van der Waals surface area contributed by atoms with Crippen LogP contribution < -0.4 is 10.0 Å². The molecule has 136 valence electrons. The molecule has 3 N–H and O–H groups in total. The van der Waals surface area contributed by atoms with E-state index in [9.17, 15) is 13.2 Å². The van der Waals surface area contributed by atoms with Crippen LogP contribution in [0.25, 0.3) is 10.9 Å². The van der Waals surface area contributed by atoms with Crippen LogP contribution in [0.15, 0.2) is 18.2 Å². The van der Waals surface area contributed by atoms with Crippen molar-refractivity contribution >= 4 is 48.4 Å². The molecule has 10 heteroatoms. The maximum atomic E-state index is 12.5. The molecule has 1 aromatic carbocycles. The van der Waals surface area contributed by atoms with E-state index in [1.54, 1.807) is 6.07 Å². The number of sulfonamides is 1. The van der Waals surface area contributed by atoms with E-state index in [0.29, 0.717) is 5.56 Å². The maximum Gasteiger partial charge on any atom is 0.257 e. The first-order chi connectivity index (χ1) is 12.4. The number of nitrogens with zero attached hydrogens (tertiary/aromatic N) is 2. The monoisotopic (exact) mass is 391 g/mol. The Bertz CT molecular complexity index is 1100. The number of fused-ring (bicyclic) bond motifs is 3. The molecule has 8 nitrogen and oxygen atoms in total. The first kappa shape index (κ1) is 17.0. The minimum Gasteiger partial charge on any atom is -0.358 e. The lowest BCUT2D eigenvalue weighted by Gasteiger charge is -2.10. The Balaban J connectivity index is 1.56. The van der Waals surface area contributed by atoms with Crippen molar-refractivity contribution in [3.8, 4) is 0 Å². The van der Waals surface area contributed by atoms with E-state index in [-0.39, 0.29) is 16.2 Å². The molecule has 1 aliphatic carbocycles. The fourth-order valence-corrected chi connectivity index (χ4v) is 4.66. The standard InChI is InChI=1S/C16H17N5O3S2/c1-26(23,24)21-16-20-19-15(25-16)18-14(22)9-6-7-13-11(8-9)10-4-2-3-5-12(10)17-13/h6-8,17H,2-5H2,1H3,(H,20,21)(H,18,19,22). The molecule has 0 atom stereocenters.